The van der Waals surface area contributed by atoms with E-state index in [4.69, 9.17) is 15.2 Å². The van der Waals surface area contributed by atoms with Crippen molar-refractivity contribution in [3.63, 3.8) is 0 Å². The number of amidine groups is 1. The van der Waals surface area contributed by atoms with Gasteiger partial charge in [0.15, 0.2) is 0 Å². The lowest BCUT2D eigenvalue weighted by molar-refractivity contribution is -0.135. The molecule has 2 unspecified atom stereocenters. The number of aliphatic imine (C=N–C) groups is 1. The molecule has 4 rings (SSSR count). The van der Waals surface area contributed by atoms with Gasteiger partial charge in [0.1, 0.15) is 17.9 Å². The fourth-order valence-corrected chi connectivity index (χ4v) is 7.29. The number of hydrogen-bond donors (Lipinski definition) is 4. The molecule has 0 spiro atoms. The molecule has 1 aliphatic carbocycles. The molecule has 0 bridgehead atoms. The van der Waals surface area contributed by atoms with Crippen LogP contribution in [0, 0.1) is 23.7 Å². The Hall–Kier alpha value is -5.77. The van der Waals surface area contributed by atoms with Crippen molar-refractivity contribution in [2.24, 2.45) is 22.6 Å². The quantitative estimate of drug-likeness (QED) is 0.110. The van der Waals surface area contributed by atoms with Crippen molar-refractivity contribution in [2.75, 3.05) is 27.3 Å². The van der Waals surface area contributed by atoms with Crippen LogP contribution < -0.4 is 21.7 Å². The number of allylic oxidation sites excluding steroid dienone is 6. The lowest BCUT2D eigenvalue weighted by Crippen LogP contribution is -2.54. The number of ether oxygens (including phenoxy) is 2. The minimum atomic E-state index is -0.741. The van der Waals surface area contributed by atoms with Crippen LogP contribution in [0.25, 0.3) is 11.3 Å². The van der Waals surface area contributed by atoms with Crippen LogP contribution in [-0.2, 0) is 19.1 Å². The van der Waals surface area contributed by atoms with Gasteiger partial charge < -0.3 is 41.0 Å². The summed E-state index contributed by atoms with van der Waals surface area (Å²) in [6.07, 6.45) is 15.3. The molecule has 13 nitrogen and oxygen atoms in total. The van der Waals surface area contributed by atoms with E-state index in [1.54, 1.807) is 22.1 Å². The summed E-state index contributed by atoms with van der Waals surface area (Å²) in [5.74, 6) is 6.03. The Balaban J connectivity index is 1.51. The summed E-state index contributed by atoms with van der Waals surface area (Å²) in [5.41, 5.74) is 11.8. The summed E-state index contributed by atoms with van der Waals surface area (Å²) in [6.45, 7) is 14.9. The first kappa shape index (κ1) is 44.0. The SMILES string of the molecule is C=C(N/C(=C\C)c1ccc(C#C/C=C/N=C(N)[C@@H]2CCCN2C(=O)C(NC(=O)OC)C(C)C)c(C2=CCCC=C2)c1)[C@@H]1CCCN1C(=O)C(NC(=O)OC)C(C)C. The predicted octanol–water partition coefficient (Wildman–Crippen LogP) is 5.85. The summed E-state index contributed by atoms with van der Waals surface area (Å²) >= 11 is 0. The van der Waals surface area contributed by atoms with E-state index < -0.39 is 24.3 Å². The molecule has 1 aromatic carbocycles. The number of alkyl carbamates (subject to hydrolysis) is 2. The van der Waals surface area contributed by atoms with Gasteiger partial charge in [-0.1, -0.05) is 76.5 Å². The number of amides is 4. The molecule has 2 saturated heterocycles. The van der Waals surface area contributed by atoms with Crippen molar-refractivity contribution in [1.82, 2.24) is 25.8 Å². The molecule has 4 atom stereocenters. The fourth-order valence-electron chi connectivity index (χ4n) is 7.29. The number of carbonyl (C=O) groups is 4. The number of nitrogens with zero attached hydrogens (tertiary/aromatic N) is 3. The van der Waals surface area contributed by atoms with Crippen molar-refractivity contribution in [3.8, 4) is 11.8 Å². The minimum absolute atomic E-state index is 0.128. The molecule has 0 saturated carbocycles. The highest BCUT2D eigenvalue weighted by Crippen LogP contribution is 2.30. The Morgan fingerprint density at radius 2 is 1.53 bits per heavy atom. The molecule has 13 heteroatoms. The number of carbonyl (C=O) groups excluding carboxylic acids is 4. The average Bonchev–Trinajstić information content (AvgIpc) is 3.92. The number of nitrogens with two attached hydrogens (primary N) is 1. The minimum Gasteiger partial charge on any atom is -0.453 e. The zero-order valence-electron chi connectivity index (χ0n) is 34.4. The molecule has 5 N–H and O–H groups in total. The molecule has 2 heterocycles. The third-order valence-corrected chi connectivity index (χ3v) is 10.4. The zero-order chi connectivity index (χ0) is 41.6. The Morgan fingerprint density at radius 3 is 2.07 bits per heavy atom. The van der Waals surface area contributed by atoms with E-state index in [2.05, 4.69) is 63.7 Å². The van der Waals surface area contributed by atoms with E-state index in [-0.39, 0.29) is 35.7 Å². The number of hydrogen-bond acceptors (Lipinski definition) is 8. The van der Waals surface area contributed by atoms with E-state index in [0.717, 1.165) is 60.1 Å². The summed E-state index contributed by atoms with van der Waals surface area (Å²) in [7, 11) is 2.55. The second-order valence-corrected chi connectivity index (χ2v) is 15.0. The first-order chi connectivity index (χ1) is 27.3. The number of methoxy groups -OCH3 is 2. The first-order valence-electron chi connectivity index (χ1n) is 19.7. The van der Waals surface area contributed by atoms with Crippen LogP contribution in [0.15, 0.2) is 72.0 Å². The second-order valence-electron chi connectivity index (χ2n) is 15.0. The van der Waals surface area contributed by atoms with Crippen LogP contribution in [0.2, 0.25) is 0 Å². The van der Waals surface area contributed by atoms with Gasteiger partial charge in [-0.3, -0.25) is 9.59 Å². The van der Waals surface area contributed by atoms with Gasteiger partial charge in [0.05, 0.1) is 26.3 Å². The van der Waals surface area contributed by atoms with Crippen molar-refractivity contribution in [1.29, 1.82) is 0 Å². The van der Waals surface area contributed by atoms with Gasteiger partial charge in [0.25, 0.3) is 0 Å². The Kier molecular flexibility index (Phi) is 16.2. The number of rotatable bonds is 13. The van der Waals surface area contributed by atoms with Gasteiger partial charge in [0, 0.05) is 42.3 Å². The van der Waals surface area contributed by atoms with Gasteiger partial charge in [0.2, 0.25) is 11.8 Å². The lowest BCUT2D eigenvalue weighted by Gasteiger charge is -2.32. The topological polar surface area (TPSA) is 168 Å². The van der Waals surface area contributed by atoms with Gasteiger partial charge in [-0.2, -0.15) is 0 Å². The molecule has 2 aliphatic heterocycles. The molecular formula is C44H59N7O6. The molecule has 306 valence electrons. The maximum Gasteiger partial charge on any atom is 0.407 e. The van der Waals surface area contributed by atoms with Gasteiger partial charge in [-0.25, -0.2) is 14.6 Å². The largest absolute Gasteiger partial charge is 0.453 e. The van der Waals surface area contributed by atoms with Crippen LogP contribution >= 0.6 is 0 Å². The average molecular weight is 782 g/mol. The van der Waals surface area contributed by atoms with Crippen LogP contribution in [-0.4, -0.2) is 91.1 Å². The summed E-state index contributed by atoms with van der Waals surface area (Å²) in [6, 6.07) is 4.02. The smallest absolute Gasteiger partial charge is 0.407 e. The van der Waals surface area contributed by atoms with Gasteiger partial charge in [-0.05, 0) is 86.1 Å². The van der Waals surface area contributed by atoms with E-state index in [0.29, 0.717) is 31.0 Å². The highest BCUT2D eigenvalue weighted by atomic mass is 16.5. The molecule has 57 heavy (non-hydrogen) atoms. The molecule has 0 radical (unpaired) electrons. The first-order valence-corrected chi connectivity index (χ1v) is 19.7. The highest BCUT2D eigenvalue weighted by Gasteiger charge is 2.38. The second kappa shape index (κ2) is 20.9. The summed E-state index contributed by atoms with van der Waals surface area (Å²) < 4.78 is 9.50. The van der Waals surface area contributed by atoms with Crippen molar-refractivity contribution in [3.05, 3.63) is 83.7 Å². The number of benzene rings is 1. The van der Waals surface area contributed by atoms with Crippen molar-refractivity contribution >= 4 is 41.1 Å². The molecule has 0 aromatic heterocycles. The lowest BCUT2D eigenvalue weighted by atomic mass is 9.93. The van der Waals surface area contributed by atoms with E-state index >= 15 is 0 Å². The third-order valence-electron chi connectivity index (χ3n) is 10.4. The summed E-state index contributed by atoms with van der Waals surface area (Å²) in [4.78, 5) is 58.9. The maximum atomic E-state index is 13.7. The summed E-state index contributed by atoms with van der Waals surface area (Å²) in [5, 5.41) is 8.85. The van der Waals surface area contributed by atoms with Gasteiger partial charge >= 0.3 is 12.2 Å². The van der Waals surface area contributed by atoms with Crippen molar-refractivity contribution < 1.29 is 28.7 Å². The van der Waals surface area contributed by atoms with Crippen LogP contribution in [0.5, 0.6) is 0 Å². The van der Waals surface area contributed by atoms with Crippen LogP contribution in [0.4, 0.5) is 9.59 Å². The Labute approximate surface area is 337 Å². The van der Waals surface area contributed by atoms with E-state index in [1.807, 2.05) is 52.8 Å². The zero-order valence-corrected chi connectivity index (χ0v) is 34.4. The van der Waals surface area contributed by atoms with E-state index in [1.165, 1.54) is 14.2 Å². The molecule has 3 aliphatic rings. The van der Waals surface area contributed by atoms with E-state index in [9.17, 15) is 19.2 Å². The monoisotopic (exact) mass is 781 g/mol. The standard InChI is InChI=1S/C44H59N7O6/c1-9-35(47-30(6)36-20-15-25-50(36)41(52)38(28(2)3)48-43(54)56-7)33-23-22-32(34(27-33)31-17-11-10-12-18-31)19-13-14-24-46-40(45)37-21-16-26-51(37)42(53)39(29(4)5)49-44(55)57-8/h9,11,14,17-18,22-24,27-29,36-39,47H,6,10,12,15-16,20-21,25-26H2,1-5,7-8H3,(H2,45,46)(H,48,54)(H,49,55)/b24-14+,35-9-/t36-,37-,38?,39?/m0/s1. The fraction of sp³-hybridized carbons (Fsp3) is 0.477. The molecule has 4 amide bonds. The maximum absolute atomic E-state index is 13.7. The Bertz CT molecular complexity index is 1880. The van der Waals surface area contributed by atoms with Crippen molar-refractivity contribution in [2.45, 2.75) is 97.3 Å². The Morgan fingerprint density at radius 1 is 0.930 bits per heavy atom. The molecule has 1 aromatic rings. The normalized spacial score (nSPS) is 19.5. The predicted molar refractivity (Wildman–Crippen MR) is 224 cm³/mol. The molecule has 2 fully saturated rings. The third kappa shape index (κ3) is 11.4. The van der Waals surface area contributed by atoms with Gasteiger partial charge in [-0.15, -0.1) is 0 Å². The highest BCUT2D eigenvalue weighted by molar-refractivity contribution is 5.94. The number of nitrogens with one attached hydrogen (secondary N) is 3. The van der Waals surface area contributed by atoms with Crippen LogP contribution in [0.3, 0.4) is 0 Å². The number of likely N-dealkylation sites (tertiary alicyclic amines) is 2. The van der Waals surface area contributed by atoms with Crippen LogP contribution in [0.1, 0.15) is 89.8 Å². The molecular weight excluding hydrogens is 723 g/mol.